The van der Waals surface area contributed by atoms with Crippen LogP contribution in [0.1, 0.15) is 51.2 Å². The second kappa shape index (κ2) is 18.4. The Morgan fingerprint density at radius 3 is 2.36 bits per heavy atom. The van der Waals surface area contributed by atoms with Crippen molar-refractivity contribution in [2.75, 3.05) is 65.1 Å². The fourth-order valence-corrected chi connectivity index (χ4v) is 6.37. The zero-order valence-electron chi connectivity index (χ0n) is 30.3. The molecule has 0 radical (unpaired) electrons. The second-order valence-electron chi connectivity index (χ2n) is 13.6. The SMILES string of the molecule is COCCCN1CCOc2ccc(CO[C@H]3CN(C(=O)[C@@H](N)C(C)C)C[C@@H](OC(=O)[C@@H](NC(=O)CN)C(C)C)[C@@H]3c3ccc(OC)cc3)cc21. The number of fused-ring (bicyclic) bond motifs is 1. The van der Waals surface area contributed by atoms with Gasteiger partial charge in [-0.2, -0.15) is 0 Å². The van der Waals surface area contributed by atoms with Crippen LogP contribution in [-0.4, -0.2) is 107 Å². The van der Waals surface area contributed by atoms with E-state index in [-0.39, 0.29) is 44.0 Å². The van der Waals surface area contributed by atoms with Crippen LogP contribution >= 0.6 is 0 Å². The normalized spacial score (nSPS) is 20.2. The Labute approximate surface area is 295 Å². The zero-order chi connectivity index (χ0) is 36.4. The van der Waals surface area contributed by atoms with Gasteiger partial charge in [0.2, 0.25) is 11.8 Å². The Morgan fingerprint density at radius 2 is 1.72 bits per heavy atom. The Balaban J connectivity index is 1.68. The number of ether oxygens (including phenoxy) is 5. The minimum absolute atomic E-state index is 0.101. The first-order valence-electron chi connectivity index (χ1n) is 17.5. The summed E-state index contributed by atoms with van der Waals surface area (Å²) >= 11 is 0. The number of rotatable bonds is 16. The fourth-order valence-electron chi connectivity index (χ4n) is 6.37. The van der Waals surface area contributed by atoms with Crippen molar-refractivity contribution in [3.8, 4) is 11.5 Å². The van der Waals surface area contributed by atoms with Gasteiger partial charge in [-0.1, -0.05) is 45.9 Å². The van der Waals surface area contributed by atoms with Gasteiger partial charge in [-0.25, -0.2) is 4.79 Å². The molecule has 2 heterocycles. The van der Waals surface area contributed by atoms with Gasteiger partial charge < -0.3 is 50.3 Å². The Morgan fingerprint density at radius 1 is 1.00 bits per heavy atom. The van der Waals surface area contributed by atoms with Crippen molar-refractivity contribution in [3.63, 3.8) is 0 Å². The van der Waals surface area contributed by atoms with Gasteiger partial charge in [-0.05, 0) is 53.6 Å². The van der Waals surface area contributed by atoms with Crippen molar-refractivity contribution in [2.24, 2.45) is 23.3 Å². The topological polar surface area (TPSA) is 168 Å². The smallest absolute Gasteiger partial charge is 0.329 e. The molecule has 50 heavy (non-hydrogen) atoms. The van der Waals surface area contributed by atoms with E-state index in [0.29, 0.717) is 19.0 Å². The molecule has 13 heteroatoms. The van der Waals surface area contributed by atoms with Gasteiger partial charge >= 0.3 is 5.97 Å². The summed E-state index contributed by atoms with van der Waals surface area (Å²) in [5, 5.41) is 2.69. The maximum Gasteiger partial charge on any atom is 0.329 e. The van der Waals surface area contributed by atoms with Gasteiger partial charge in [0.25, 0.3) is 0 Å². The lowest BCUT2D eigenvalue weighted by molar-refractivity contribution is -0.167. The van der Waals surface area contributed by atoms with Crippen LogP contribution in [0.15, 0.2) is 42.5 Å². The van der Waals surface area contributed by atoms with Gasteiger partial charge in [0, 0.05) is 26.8 Å². The molecule has 2 aromatic rings. The number of piperidine rings is 1. The number of esters is 1. The predicted octanol–water partition coefficient (Wildman–Crippen LogP) is 2.44. The lowest BCUT2D eigenvalue weighted by atomic mass is 9.83. The Kier molecular flexibility index (Phi) is 14.3. The third-order valence-corrected chi connectivity index (χ3v) is 9.33. The molecule has 0 aromatic heterocycles. The number of carbonyl (C=O) groups excluding carboxylic acids is 3. The van der Waals surface area contributed by atoms with Gasteiger partial charge in [0.05, 0.1) is 57.1 Å². The molecule has 1 fully saturated rings. The number of nitrogens with two attached hydrogens (primary N) is 2. The van der Waals surface area contributed by atoms with E-state index < -0.39 is 42.1 Å². The van der Waals surface area contributed by atoms with Gasteiger partial charge in [-0.3, -0.25) is 9.59 Å². The molecule has 1 saturated heterocycles. The van der Waals surface area contributed by atoms with Crippen molar-refractivity contribution in [2.45, 2.75) is 70.9 Å². The summed E-state index contributed by atoms with van der Waals surface area (Å²) in [6, 6.07) is 11.9. The highest BCUT2D eigenvalue weighted by molar-refractivity contribution is 5.86. The average Bonchev–Trinajstić information content (AvgIpc) is 3.11. The molecule has 0 spiro atoms. The van der Waals surface area contributed by atoms with Crippen LogP contribution in [0, 0.1) is 11.8 Å². The molecule has 5 N–H and O–H groups in total. The van der Waals surface area contributed by atoms with Gasteiger partial charge in [0.1, 0.15) is 30.3 Å². The standard InChI is InChI=1S/C37H55N5O8/c1-23(2)34(39)36(44)42-20-30(49-22-25-8-13-29-28(18-25)41(15-17-48-29)14-7-16-46-5)33(26-9-11-27(47-6)12-10-26)31(21-42)50-37(45)35(24(3)4)40-32(43)19-38/h8-13,18,23-24,30-31,33-35H,7,14-17,19-22,38-39H2,1-6H3,(H,40,43)/t30-,31+,33+,34-,35-/m0/s1. The molecule has 2 aromatic carbocycles. The molecule has 13 nitrogen and oxygen atoms in total. The number of hydrogen-bond donors (Lipinski definition) is 3. The second-order valence-corrected chi connectivity index (χ2v) is 13.6. The molecule has 5 atom stereocenters. The van der Waals surface area contributed by atoms with Crippen LogP contribution in [0.2, 0.25) is 0 Å². The minimum atomic E-state index is -0.935. The minimum Gasteiger partial charge on any atom is -0.497 e. The number of carbonyl (C=O) groups is 3. The number of anilines is 1. The third kappa shape index (κ3) is 9.87. The number of likely N-dealkylation sites (tertiary alicyclic amines) is 1. The van der Waals surface area contributed by atoms with Crippen LogP contribution < -0.4 is 31.2 Å². The maximum atomic E-state index is 13.8. The predicted molar refractivity (Wildman–Crippen MR) is 190 cm³/mol. The third-order valence-electron chi connectivity index (χ3n) is 9.33. The summed E-state index contributed by atoms with van der Waals surface area (Å²) in [4.78, 5) is 43.7. The van der Waals surface area contributed by atoms with Crippen molar-refractivity contribution in [1.29, 1.82) is 0 Å². The number of amides is 2. The number of nitrogens with one attached hydrogen (secondary N) is 1. The zero-order valence-corrected chi connectivity index (χ0v) is 30.3. The first-order chi connectivity index (χ1) is 24.0. The fraction of sp³-hybridized carbons (Fsp3) is 0.595. The van der Waals surface area contributed by atoms with E-state index in [0.717, 1.165) is 42.1 Å². The highest BCUT2D eigenvalue weighted by Gasteiger charge is 2.44. The van der Waals surface area contributed by atoms with Crippen molar-refractivity contribution in [3.05, 3.63) is 53.6 Å². The van der Waals surface area contributed by atoms with Crippen molar-refractivity contribution < 1.29 is 38.1 Å². The number of nitrogens with zero attached hydrogens (tertiary/aromatic N) is 2. The summed E-state index contributed by atoms with van der Waals surface area (Å²) in [5.41, 5.74) is 14.7. The molecule has 0 bridgehead atoms. The lowest BCUT2D eigenvalue weighted by Crippen LogP contribution is -2.59. The van der Waals surface area contributed by atoms with Crippen LogP contribution in [0.25, 0.3) is 0 Å². The molecule has 276 valence electrons. The van der Waals surface area contributed by atoms with Crippen LogP contribution in [0.3, 0.4) is 0 Å². The van der Waals surface area contributed by atoms with Crippen LogP contribution in [-0.2, 0) is 35.2 Å². The Hall–Kier alpha value is -3.91. The Bertz CT molecular complexity index is 1420. The van der Waals surface area contributed by atoms with E-state index in [1.54, 1.807) is 19.1 Å². The highest BCUT2D eigenvalue weighted by atomic mass is 16.6. The molecule has 2 aliphatic rings. The summed E-state index contributed by atoms with van der Waals surface area (Å²) in [6.07, 6.45) is -0.514. The monoisotopic (exact) mass is 697 g/mol. The molecular weight excluding hydrogens is 642 g/mol. The van der Waals surface area contributed by atoms with E-state index in [1.807, 2.05) is 64.1 Å². The first-order valence-corrected chi connectivity index (χ1v) is 17.5. The van der Waals surface area contributed by atoms with E-state index in [1.165, 1.54) is 0 Å². The van der Waals surface area contributed by atoms with E-state index in [4.69, 9.17) is 35.2 Å². The van der Waals surface area contributed by atoms with E-state index in [9.17, 15) is 14.4 Å². The summed E-state index contributed by atoms with van der Waals surface area (Å²) < 4.78 is 29.6. The molecule has 4 rings (SSSR count). The van der Waals surface area contributed by atoms with Gasteiger partial charge in [-0.15, -0.1) is 0 Å². The van der Waals surface area contributed by atoms with Crippen molar-refractivity contribution in [1.82, 2.24) is 10.2 Å². The van der Waals surface area contributed by atoms with Crippen LogP contribution in [0.4, 0.5) is 5.69 Å². The average molecular weight is 698 g/mol. The summed E-state index contributed by atoms with van der Waals surface area (Å²) in [5.74, 6) is -0.693. The summed E-state index contributed by atoms with van der Waals surface area (Å²) in [6.45, 7) is 10.6. The molecular formula is C37H55N5O8. The highest BCUT2D eigenvalue weighted by Crippen LogP contribution is 2.37. The maximum absolute atomic E-state index is 13.8. The molecule has 0 saturated carbocycles. The lowest BCUT2D eigenvalue weighted by Gasteiger charge is -2.44. The van der Waals surface area contributed by atoms with E-state index >= 15 is 0 Å². The van der Waals surface area contributed by atoms with E-state index in [2.05, 4.69) is 16.3 Å². The molecule has 2 aliphatic heterocycles. The summed E-state index contributed by atoms with van der Waals surface area (Å²) in [7, 11) is 3.30. The van der Waals surface area contributed by atoms with Crippen molar-refractivity contribution >= 4 is 23.5 Å². The molecule has 0 unspecified atom stereocenters. The first kappa shape index (κ1) is 38.9. The largest absolute Gasteiger partial charge is 0.497 e. The van der Waals surface area contributed by atoms with Crippen LogP contribution in [0.5, 0.6) is 11.5 Å². The molecule has 2 amide bonds. The quantitative estimate of drug-likeness (QED) is 0.174. The number of benzene rings is 2. The number of methoxy groups -OCH3 is 2. The molecule has 0 aliphatic carbocycles. The van der Waals surface area contributed by atoms with Gasteiger partial charge in [0.15, 0.2) is 0 Å². The number of hydrogen-bond acceptors (Lipinski definition) is 11.